The molecule has 1 atom stereocenters. The Hall–Kier alpha value is -4.00. The van der Waals surface area contributed by atoms with Crippen LogP contribution in [0.1, 0.15) is 23.6 Å². The molecule has 32 heavy (non-hydrogen) atoms. The molecule has 3 aromatic carbocycles. The maximum atomic E-state index is 13.1. The van der Waals surface area contributed by atoms with Crippen LogP contribution in [0.25, 0.3) is 0 Å². The molecule has 0 spiro atoms. The van der Waals surface area contributed by atoms with Gasteiger partial charge in [0.25, 0.3) is 0 Å². The third-order valence-corrected chi connectivity index (χ3v) is 4.94. The van der Waals surface area contributed by atoms with Crippen LogP contribution < -0.4 is 10.1 Å². The molecule has 0 aliphatic carbocycles. The smallest absolute Gasteiger partial charge is 0.220 e. The van der Waals surface area contributed by atoms with E-state index in [1.165, 1.54) is 12.1 Å². The second-order valence-electron chi connectivity index (χ2n) is 7.32. The molecule has 4 aromatic rings. The zero-order valence-corrected chi connectivity index (χ0v) is 17.4. The van der Waals surface area contributed by atoms with E-state index in [9.17, 15) is 9.18 Å². The van der Waals surface area contributed by atoms with E-state index in [1.807, 2.05) is 54.6 Å². The van der Waals surface area contributed by atoms with Crippen LogP contribution in [-0.2, 0) is 17.8 Å². The molecular formula is C25H23FN4O2. The minimum Gasteiger partial charge on any atom is -0.457 e. The second-order valence-corrected chi connectivity index (χ2v) is 7.32. The number of aromatic nitrogens is 3. The summed E-state index contributed by atoms with van der Waals surface area (Å²) in [6, 6.07) is 23.0. The standard InChI is InChI=1S/C25H23FN4O2/c26-21-10-12-22(13-11-21)32-23-8-4-5-19(17-23)9-14-25(31)29-24(18-30-27-15-16-28-30)20-6-2-1-3-7-20/h1-8,10-13,15-17,24H,9,14,18H2,(H,29,31). The quantitative estimate of drug-likeness (QED) is 0.418. The Morgan fingerprint density at radius 2 is 1.69 bits per heavy atom. The lowest BCUT2D eigenvalue weighted by Crippen LogP contribution is -2.32. The topological polar surface area (TPSA) is 69.0 Å². The van der Waals surface area contributed by atoms with Gasteiger partial charge in [-0.3, -0.25) is 4.79 Å². The summed E-state index contributed by atoms with van der Waals surface area (Å²) in [5.41, 5.74) is 1.97. The van der Waals surface area contributed by atoms with Crippen molar-refractivity contribution in [2.75, 3.05) is 0 Å². The van der Waals surface area contributed by atoms with Crippen molar-refractivity contribution in [3.8, 4) is 11.5 Å². The summed E-state index contributed by atoms with van der Waals surface area (Å²) in [6.07, 6.45) is 4.12. The summed E-state index contributed by atoms with van der Waals surface area (Å²) in [7, 11) is 0. The number of benzene rings is 3. The predicted molar refractivity (Wildman–Crippen MR) is 119 cm³/mol. The van der Waals surface area contributed by atoms with Gasteiger partial charge in [0, 0.05) is 6.42 Å². The molecule has 1 aromatic heterocycles. The summed E-state index contributed by atoms with van der Waals surface area (Å²) < 4.78 is 18.8. The van der Waals surface area contributed by atoms with E-state index in [2.05, 4.69) is 15.5 Å². The highest BCUT2D eigenvalue weighted by Crippen LogP contribution is 2.23. The van der Waals surface area contributed by atoms with Gasteiger partial charge >= 0.3 is 0 Å². The van der Waals surface area contributed by atoms with Crippen LogP contribution >= 0.6 is 0 Å². The van der Waals surface area contributed by atoms with Gasteiger partial charge in [-0.2, -0.15) is 15.0 Å². The van der Waals surface area contributed by atoms with Gasteiger partial charge in [-0.15, -0.1) is 0 Å². The molecule has 0 radical (unpaired) electrons. The van der Waals surface area contributed by atoms with Gasteiger partial charge in [0.05, 0.1) is 25.0 Å². The molecule has 6 nitrogen and oxygen atoms in total. The number of rotatable bonds is 9. The van der Waals surface area contributed by atoms with E-state index in [-0.39, 0.29) is 17.8 Å². The first-order valence-corrected chi connectivity index (χ1v) is 10.4. The molecule has 7 heteroatoms. The maximum Gasteiger partial charge on any atom is 0.220 e. The molecule has 1 heterocycles. The third-order valence-electron chi connectivity index (χ3n) is 4.94. The van der Waals surface area contributed by atoms with E-state index in [0.717, 1.165) is 11.1 Å². The Balaban J connectivity index is 1.36. The number of hydrogen-bond acceptors (Lipinski definition) is 4. The van der Waals surface area contributed by atoms with Crippen molar-refractivity contribution in [1.29, 1.82) is 0 Å². The summed E-state index contributed by atoms with van der Waals surface area (Å²) in [5, 5.41) is 11.4. The average Bonchev–Trinajstić information content (AvgIpc) is 3.33. The van der Waals surface area contributed by atoms with Crippen LogP contribution in [0.2, 0.25) is 0 Å². The van der Waals surface area contributed by atoms with Crippen molar-refractivity contribution in [3.05, 3.63) is 108 Å². The molecule has 0 bridgehead atoms. The van der Waals surface area contributed by atoms with E-state index in [4.69, 9.17) is 4.74 Å². The number of hydrogen-bond donors (Lipinski definition) is 1. The Morgan fingerprint density at radius 3 is 2.44 bits per heavy atom. The highest BCUT2D eigenvalue weighted by Gasteiger charge is 2.16. The number of amides is 1. The summed E-state index contributed by atoms with van der Waals surface area (Å²) in [4.78, 5) is 14.3. The predicted octanol–water partition coefficient (Wildman–Crippen LogP) is 4.70. The minimum atomic E-state index is -0.311. The number of nitrogens with one attached hydrogen (secondary N) is 1. The second kappa shape index (κ2) is 10.3. The zero-order chi connectivity index (χ0) is 22.2. The van der Waals surface area contributed by atoms with Gasteiger partial charge in [-0.1, -0.05) is 42.5 Å². The molecule has 1 unspecified atom stereocenters. The molecule has 0 aliphatic rings. The Kier molecular flexibility index (Phi) is 6.87. The molecule has 4 rings (SSSR count). The molecule has 0 aliphatic heterocycles. The summed E-state index contributed by atoms with van der Waals surface area (Å²) in [6.45, 7) is 0.448. The molecule has 0 saturated heterocycles. The van der Waals surface area contributed by atoms with Crippen molar-refractivity contribution < 1.29 is 13.9 Å². The van der Waals surface area contributed by atoms with Gasteiger partial charge in [0.2, 0.25) is 5.91 Å². The van der Waals surface area contributed by atoms with Gasteiger partial charge in [-0.25, -0.2) is 4.39 Å². The lowest BCUT2D eigenvalue weighted by molar-refractivity contribution is -0.121. The number of halogens is 1. The number of nitrogens with zero attached hydrogens (tertiary/aromatic N) is 3. The van der Waals surface area contributed by atoms with Gasteiger partial charge in [0.15, 0.2) is 0 Å². The van der Waals surface area contributed by atoms with E-state index in [1.54, 1.807) is 29.3 Å². The van der Waals surface area contributed by atoms with E-state index in [0.29, 0.717) is 30.9 Å². The highest BCUT2D eigenvalue weighted by atomic mass is 19.1. The first-order valence-electron chi connectivity index (χ1n) is 10.4. The van der Waals surface area contributed by atoms with Crippen molar-refractivity contribution in [1.82, 2.24) is 20.3 Å². The molecule has 0 fully saturated rings. The Labute approximate surface area is 185 Å². The van der Waals surface area contributed by atoms with E-state index < -0.39 is 0 Å². The number of aryl methyl sites for hydroxylation is 1. The van der Waals surface area contributed by atoms with Crippen molar-refractivity contribution >= 4 is 5.91 Å². The molecule has 1 amide bonds. The Bertz CT molecular complexity index is 1130. The first kappa shape index (κ1) is 21.2. The summed E-state index contributed by atoms with van der Waals surface area (Å²) >= 11 is 0. The molecule has 162 valence electrons. The molecule has 1 N–H and O–H groups in total. The summed E-state index contributed by atoms with van der Waals surface area (Å²) in [5.74, 6) is 0.825. The van der Waals surface area contributed by atoms with E-state index >= 15 is 0 Å². The zero-order valence-electron chi connectivity index (χ0n) is 17.4. The van der Waals surface area contributed by atoms with Crippen LogP contribution in [0.15, 0.2) is 91.3 Å². The minimum absolute atomic E-state index is 0.0594. The van der Waals surface area contributed by atoms with Crippen molar-refractivity contribution in [2.45, 2.75) is 25.4 Å². The monoisotopic (exact) mass is 430 g/mol. The fourth-order valence-corrected chi connectivity index (χ4v) is 3.35. The highest BCUT2D eigenvalue weighted by molar-refractivity contribution is 5.76. The SMILES string of the molecule is O=C(CCc1cccc(Oc2ccc(F)cc2)c1)NC(Cn1nccn1)c1ccccc1. The Morgan fingerprint density at radius 1 is 0.938 bits per heavy atom. The lowest BCUT2D eigenvalue weighted by Gasteiger charge is -2.19. The number of carbonyl (C=O) groups excluding carboxylic acids is 1. The van der Waals surface area contributed by atoms with Crippen LogP contribution in [0, 0.1) is 5.82 Å². The average molecular weight is 430 g/mol. The van der Waals surface area contributed by atoms with Gasteiger partial charge in [0.1, 0.15) is 17.3 Å². The van der Waals surface area contributed by atoms with Crippen LogP contribution in [0.3, 0.4) is 0 Å². The van der Waals surface area contributed by atoms with Gasteiger partial charge < -0.3 is 10.1 Å². The molecule has 0 saturated carbocycles. The number of ether oxygens (including phenoxy) is 1. The maximum absolute atomic E-state index is 13.1. The van der Waals surface area contributed by atoms with Gasteiger partial charge in [-0.05, 0) is 53.9 Å². The number of carbonyl (C=O) groups is 1. The van der Waals surface area contributed by atoms with Crippen LogP contribution in [-0.4, -0.2) is 20.9 Å². The molecular weight excluding hydrogens is 407 g/mol. The van der Waals surface area contributed by atoms with Crippen LogP contribution in [0.5, 0.6) is 11.5 Å². The van der Waals surface area contributed by atoms with Crippen LogP contribution in [0.4, 0.5) is 4.39 Å². The fourth-order valence-electron chi connectivity index (χ4n) is 3.35. The fraction of sp³-hybridized carbons (Fsp3) is 0.160. The normalized spacial score (nSPS) is 11.7. The lowest BCUT2D eigenvalue weighted by atomic mass is 10.1. The first-order chi connectivity index (χ1) is 15.7. The largest absolute Gasteiger partial charge is 0.457 e. The van der Waals surface area contributed by atoms with Crippen molar-refractivity contribution in [3.63, 3.8) is 0 Å². The third kappa shape index (κ3) is 6.01. The van der Waals surface area contributed by atoms with Crippen molar-refractivity contribution in [2.24, 2.45) is 0 Å².